The third-order valence-electron chi connectivity index (χ3n) is 14.0. The van der Waals surface area contributed by atoms with Gasteiger partial charge in [0.2, 0.25) is 11.8 Å². The number of halogens is 1. The monoisotopic (exact) mass is 817 g/mol. The third kappa shape index (κ3) is 7.28. The van der Waals surface area contributed by atoms with Crippen molar-refractivity contribution in [1.82, 2.24) is 25.3 Å². The van der Waals surface area contributed by atoms with Gasteiger partial charge in [-0.3, -0.25) is 34.2 Å². The highest BCUT2D eigenvalue weighted by molar-refractivity contribution is 6.32. The highest BCUT2D eigenvalue weighted by atomic mass is 35.5. The zero-order valence-electron chi connectivity index (χ0n) is 33.2. The van der Waals surface area contributed by atoms with E-state index in [0.717, 1.165) is 99.8 Å². The molecular formula is C44H48ClN9O5. The zero-order chi connectivity index (χ0) is 41.0. The standard InChI is InChI=1S/C44H48ClN9O5/c1-27-24-44(26-53(27)32-3-2-30(25-46)35(45)23-32)14-20-51(21-15-44)38-8-6-36(48-49-38)43(59)52-18-12-29(13-19-52)28-10-16-50(17-11-28)31-4-5-33-34(22-31)42(58)54(41(33)57)37-7-9-39(55)47-40(37)56/h2-6,8,22-23,27-29,37H,7,9-21,24,26H2,1H3,(H,47,55,56)/t27-,37?/m0/s1. The molecule has 9 rings (SSSR count). The van der Waals surface area contributed by atoms with Crippen molar-refractivity contribution < 1.29 is 24.0 Å². The lowest BCUT2D eigenvalue weighted by Gasteiger charge is -2.41. The fourth-order valence-corrected chi connectivity index (χ4v) is 10.9. The number of piperidine rings is 4. The van der Waals surface area contributed by atoms with E-state index in [1.54, 1.807) is 18.2 Å². The van der Waals surface area contributed by atoms with E-state index in [-0.39, 0.29) is 29.7 Å². The molecule has 1 unspecified atom stereocenters. The second kappa shape index (κ2) is 15.6. The maximum absolute atomic E-state index is 13.5. The molecule has 2 aromatic carbocycles. The number of fused-ring (bicyclic) bond motifs is 1. The van der Waals surface area contributed by atoms with E-state index in [0.29, 0.717) is 52.8 Å². The molecule has 2 atom stereocenters. The lowest BCUT2D eigenvalue weighted by molar-refractivity contribution is -0.136. The molecule has 6 aliphatic heterocycles. The molecule has 306 valence electrons. The van der Waals surface area contributed by atoms with Gasteiger partial charge < -0.3 is 19.6 Å². The summed E-state index contributed by atoms with van der Waals surface area (Å²) < 4.78 is 0. The summed E-state index contributed by atoms with van der Waals surface area (Å²) in [7, 11) is 0. The van der Waals surface area contributed by atoms with Gasteiger partial charge in [0.15, 0.2) is 11.5 Å². The predicted octanol–water partition coefficient (Wildman–Crippen LogP) is 5.06. The van der Waals surface area contributed by atoms with Crippen LogP contribution in [0.5, 0.6) is 0 Å². The van der Waals surface area contributed by atoms with Crippen LogP contribution in [0.15, 0.2) is 48.5 Å². The summed E-state index contributed by atoms with van der Waals surface area (Å²) in [6, 6.07) is 16.3. The van der Waals surface area contributed by atoms with Crippen molar-refractivity contribution >= 4 is 58.3 Å². The Balaban J connectivity index is 0.736. The number of nitriles is 1. The number of nitrogens with zero attached hydrogens (tertiary/aromatic N) is 8. The number of rotatable bonds is 6. The van der Waals surface area contributed by atoms with E-state index in [1.807, 2.05) is 35.2 Å². The van der Waals surface area contributed by atoms with Crippen molar-refractivity contribution in [2.45, 2.75) is 76.8 Å². The minimum atomic E-state index is -0.980. The van der Waals surface area contributed by atoms with Crippen LogP contribution in [0.25, 0.3) is 0 Å². The number of carbonyl (C=O) groups is 5. The van der Waals surface area contributed by atoms with Gasteiger partial charge in [-0.2, -0.15) is 5.26 Å². The molecule has 5 amide bonds. The first kappa shape index (κ1) is 38.9. The Hall–Kier alpha value is -5.55. The molecule has 3 aromatic rings. The van der Waals surface area contributed by atoms with Gasteiger partial charge in [0, 0.05) is 69.7 Å². The van der Waals surface area contributed by atoms with Crippen LogP contribution >= 0.6 is 11.6 Å². The number of nitrogens with one attached hydrogen (secondary N) is 1. The lowest BCUT2D eigenvalue weighted by atomic mass is 9.77. The van der Waals surface area contributed by atoms with E-state index >= 15 is 0 Å². The number of likely N-dealkylation sites (tertiary alicyclic amines) is 1. The third-order valence-corrected chi connectivity index (χ3v) is 14.3. The Kier molecular flexibility index (Phi) is 10.3. The molecule has 59 heavy (non-hydrogen) atoms. The smallest absolute Gasteiger partial charge is 0.274 e. The summed E-state index contributed by atoms with van der Waals surface area (Å²) in [6.07, 6.45) is 7.28. The molecule has 1 N–H and O–H groups in total. The number of anilines is 3. The Morgan fingerprint density at radius 2 is 1.51 bits per heavy atom. The Morgan fingerprint density at radius 1 is 0.814 bits per heavy atom. The molecule has 1 aromatic heterocycles. The Labute approximate surface area is 348 Å². The van der Waals surface area contributed by atoms with Gasteiger partial charge in [0.05, 0.1) is 21.7 Å². The number of benzene rings is 2. The summed E-state index contributed by atoms with van der Waals surface area (Å²) in [5.74, 6) is -0.198. The number of amides is 5. The van der Waals surface area contributed by atoms with Crippen molar-refractivity contribution in [3.8, 4) is 6.07 Å². The highest BCUT2D eigenvalue weighted by Gasteiger charge is 2.46. The van der Waals surface area contributed by atoms with E-state index in [2.05, 4.69) is 43.2 Å². The van der Waals surface area contributed by atoms with Gasteiger partial charge in [0.1, 0.15) is 12.1 Å². The summed E-state index contributed by atoms with van der Waals surface area (Å²) in [5, 5.41) is 21.0. The Bertz CT molecular complexity index is 2240. The van der Waals surface area contributed by atoms with Crippen LogP contribution in [0.4, 0.5) is 17.2 Å². The first-order valence-corrected chi connectivity index (χ1v) is 21.3. The van der Waals surface area contributed by atoms with E-state index in [4.69, 9.17) is 11.6 Å². The van der Waals surface area contributed by atoms with Gasteiger partial charge in [-0.05, 0) is 124 Å². The van der Waals surface area contributed by atoms with Crippen molar-refractivity contribution in [1.29, 1.82) is 5.26 Å². The molecule has 15 heteroatoms. The maximum Gasteiger partial charge on any atom is 0.274 e. The van der Waals surface area contributed by atoms with Crippen LogP contribution < -0.4 is 20.0 Å². The van der Waals surface area contributed by atoms with Crippen molar-refractivity contribution in [2.24, 2.45) is 17.3 Å². The Morgan fingerprint density at radius 3 is 2.17 bits per heavy atom. The van der Waals surface area contributed by atoms with E-state index in [1.165, 1.54) is 0 Å². The molecule has 0 aliphatic carbocycles. The normalized spacial score (nSPS) is 23.8. The molecular weight excluding hydrogens is 770 g/mol. The first-order valence-electron chi connectivity index (χ1n) is 21.0. The zero-order valence-corrected chi connectivity index (χ0v) is 34.0. The topological polar surface area (TPSA) is 163 Å². The number of hydrogen-bond donors (Lipinski definition) is 1. The molecule has 0 bridgehead atoms. The van der Waals surface area contributed by atoms with Crippen molar-refractivity contribution in [3.05, 3.63) is 75.9 Å². The van der Waals surface area contributed by atoms with Gasteiger partial charge in [-0.25, -0.2) is 0 Å². The average Bonchev–Trinajstić information content (AvgIpc) is 3.71. The second-order valence-electron chi connectivity index (χ2n) is 17.4. The minimum absolute atomic E-state index is 0.0707. The first-order chi connectivity index (χ1) is 28.5. The highest BCUT2D eigenvalue weighted by Crippen LogP contribution is 2.46. The summed E-state index contributed by atoms with van der Waals surface area (Å²) in [4.78, 5) is 74.0. The molecule has 5 saturated heterocycles. The minimum Gasteiger partial charge on any atom is -0.371 e. The largest absolute Gasteiger partial charge is 0.371 e. The second-order valence-corrected chi connectivity index (χ2v) is 17.8. The molecule has 0 radical (unpaired) electrons. The number of carbonyl (C=O) groups excluding carboxylic acids is 5. The molecule has 0 saturated carbocycles. The lowest BCUT2D eigenvalue weighted by Crippen LogP contribution is -2.54. The fourth-order valence-electron chi connectivity index (χ4n) is 10.6. The van der Waals surface area contributed by atoms with Gasteiger partial charge in [0.25, 0.3) is 17.7 Å². The maximum atomic E-state index is 13.5. The van der Waals surface area contributed by atoms with Crippen molar-refractivity contribution in [3.63, 3.8) is 0 Å². The quantitative estimate of drug-likeness (QED) is 0.331. The molecule has 1 spiro atoms. The van der Waals surface area contributed by atoms with Crippen LogP contribution in [0.2, 0.25) is 5.02 Å². The van der Waals surface area contributed by atoms with Crippen molar-refractivity contribution in [2.75, 3.05) is 60.5 Å². The van der Waals surface area contributed by atoms with Crippen LogP contribution in [0.3, 0.4) is 0 Å². The summed E-state index contributed by atoms with van der Waals surface area (Å²) in [6.45, 7) is 8.01. The molecule has 5 fully saturated rings. The van der Waals surface area contributed by atoms with Gasteiger partial charge in [-0.15, -0.1) is 10.2 Å². The van der Waals surface area contributed by atoms with Gasteiger partial charge in [-0.1, -0.05) is 11.6 Å². The SMILES string of the molecule is C[C@H]1CC2(CCN(c3ccc(C(=O)N4CCC(C5CCN(c6ccc7c(c6)C(=O)N(C6CCC(=O)NC6=O)C7=O)CC5)CC4)nn3)CC2)CN1c1ccc(C#N)c(Cl)c1. The average molecular weight is 818 g/mol. The summed E-state index contributed by atoms with van der Waals surface area (Å²) >= 11 is 6.37. The van der Waals surface area contributed by atoms with Crippen LogP contribution in [-0.2, 0) is 9.59 Å². The number of hydrogen-bond acceptors (Lipinski definition) is 11. The molecule has 7 heterocycles. The number of imide groups is 2. The van der Waals surface area contributed by atoms with Gasteiger partial charge >= 0.3 is 0 Å². The van der Waals surface area contributed by atoms with E-state index < -0.39 is 29.7 Å². The fraction of sp³-hybridized carbons (Fsp3) is 0.500. The molecule has 14 nitrogen and oxygen atoms in total. The molecule has 6 aliphatic rings. The predicted molar refractivity (Wildman–Crippen MR) is 220 cm³/mol. The summed E-state index contributed by atoms with van der Waals surface area (Å²) in [5.41, 5.74) is 3.62. The van der Waals surface area contributed by atoms with Crippen LogP contribution in [0.1, 0.15) is 101 Å². The van der Waals surface area contributed by atoms with Crippen LogP contribution in [0, 0.1) is 28.6 Å². The number of aromatic nitrogens is 2. The van der Waals surface area contributed by atoms with E-state index in [9.17, 15) is 29.2 Å². The van der Waals surface area contributed by atoms with Crippen LogP contribution in [-0.4, -0.2) is 107 Å².